The lowest BCUT2D eigenvalue weighted by atomic mass is 10.1. The number of benzene rings is 2. The molecule has 1 N–H and O–H groups in total. The molecule has 2 aromatic heterocycles. The van der Waals surface area contributed by atoms with Gasteiger partial charge in [-0.15, -0.1) is 10.2 Å². The Morgan fingerprint density at radius 1 is 0.900 bits per heavy atom. The van der Waals surface area contributed by atoms with E-state index in [1.165, 1.54) is 5.56 Å². The van der Waals surface area contributed by atoms with Crippen molar-refractivity contribution in [1.29, 1.82) is 0 Å². The Morgan fingerprint density at radius 3 is 2.20 bits per heavy atom. The molecule has 0 bridgehead atoms. The van der Waals surface area contributed by atoms with Crippen LogP contribution in [-0.4, -0.2) is 44.3 Å². The van der Waals surface area contributed by atoms with E-state index in [0.29, 0.717) is 23.2 Å². The van der Waals surface area contributed by atoms with Crippen LogP contribution >= 0.6 is 0 Å². The summed E-state index contributed by atoms with van der Waals surface area (Å²) in [5.74, 6) is 0.724. The topological polar surface area (TPSA) is 88.2 Å². The van der Waals surface area contributed by atoms with Crippen molar-refractivity contribution in [3.05, 3.63) is 71.5 Å². The third-order valence-electron chi connectivity index (χ3n) is 4.71. The average molecular weight is 406 g/mol. The molecule has 0 saturated carbocycles. The highest BCUT2D eigenvalue weighted by molar-refractivity contribution is 5.63. The molecule has 4 rings (SSSR count). The zero-order valence-electron chi connectivity index (χ0n) is 17.2. The molecular formula is C23H27N5O2. The maximum atomic E-state index is 9.19. The van der Waals surface area contributed by atoms with Crippen LogP contribution in [0.15, 0.2) is 59.1 Å². The van der Waals surface area contributed by atoms with Crippen LogP contribution in [0.2, 0.25) is 0 Å². The molecule has 0 spiro atoms. The third-order valence-corrected chi connectivity index (χ3v) is 4.71. The lowest BCUT2D eigenvalue weighted by Gasteiger charge is -2.10. The zero-order chi connectivity index (χ0) is 21.1. The Labute approximate surface area is 178 Å². The number of aliphatic hydroxyl groups is 1. The Balaban J connectivity index is 0.00000181. The quantitative estimate of drug-likeness (QED) is 0.514. The molecule has 0 amide bonds. The summed E-state index contributed by atoms with van der Waals surface area (Å²) >= 11 is 0. The van der Waals surface area contributed by atoms with Crippen LogP contribution in [-0.2, 0) is 13.2 Å². The molecule has 30 heavy (non-hydrogen) atoms. The van der Waals surface area contributed by atoms with E-state index in [-0.39, 0.29) is 9.46 Å². The van der Waals surface area contributed by atoms with Gasteiger partial charge in [0, 0.05) is 20.5 Å². The van der Waals surface area contributed by atoms with Gasteiger partial charge < -0.3 is 14.4 Å². The molecular weight excluding hydrogens is 378 g/mol. The van der Waals surface area contributed by atoms with Gasteiger partial charge in [0.1, 0.15) is 5.69 Å². The molecule has 2 heterocycles. The van der Waals surface area contributed by atoms with Crippen molar-refractivity contribution < 1.29 is 12.4 Å². The molecule has 0 radical (unpaired) electrons. The third kappa shape index (κ3) is 4.27. The minimum absolute atomic E-state index is 0. The average Bonchev–Trinajstić information content (AvgIpc) is 3.24. The van der Waals surface area contributed by atoms with E-state index in [4.69, 9.17) is 9.40 Å². The first-order valence-corrected chi connectivity index (χ1v) is 9.65. The summed E-state index contributed by atoms with van der Waals surface area (Å²) in [7, 11) is 4.09. The first-order chi connectivity index (χ1) is 14.5. The van der Waals surface area contributed by atoms with Crippen molar-refractivity contribution >= 4 is 0 Å². The highest BCUT2D eigenvalue weighted by atomic mass is 16.4. The van der Waals surface area contributed by atoms with Gasteiger partial charge in [-0.25, -0.2) is 4.98 Å². The van der Waals surface area contributed by atoms with Crippen molar-refractivity contribution in [2.75, 3.05) is 14.1 Å². The van der Waals surface area contributed by atoms with E-state index in [1.807, 2.05) is 57.4 Å². The van der Waals surface area contributed by atoms with Gasteiger partial charge >= 0.3 is 0 Å². The fourth-order valence-electron chi connectivity index (χ4n) is 3.13. The minimum atomic E-state index is -0.00688. The van der Waals surface area contributed by atoms with E-state index in [9.17, 15) is 5.11 Å². The molecule has 7 nitrogen and oxygen atoms in total. The van der Waals surface area contributed by atoms with Crippen molar-refractivity contribution in [2.24, 2.45) is 0 Å². The summed E-state index contributed by atoms with van der Waals surface area (Å²) in [6.07, 6.45) is 1.75. The van der Waals surface area contributed by atoms with Crippen LogP contribution in [0.4, 0.5) is 0 Å². The van der Waals surface area contributed by atoms with Gasteiger partial charge in [-0.1, -0.05) is 36.4 Å². The Bertz CT molecular complexity index is 1150. The maximum Gasteiger partial charge on any atom is 0.268 e. The van der Waals surface area contributed by atoms with E-state index in [2.05, 4.69) is 32.2 Å². The van der Waals surface area contributed by atoms with Crippen LogP contribution < -0.4 is 0 Å². The smallest absolute Gasteiger partial charge is 0.268 e. The molecule has 0 saturated heterocycles. The number of aryl methyl sites for hydroxylation is 1. The van der Waals surface area contributed by atoms with Gasteiger partial charge in [-0.05, 0) is 44.3 Å². The van der Waals surface area contributed by atoms with Crippen LogP contribution in [0.1, 0.15) is 19.7 Å². The largest absolute Gasteiger partial charge is 0.415 e. The zero-order valence-corrected chi connectivity index (χ0v) is 17.2. The molecule has 7 heteroatoms. The van der Waals surface area contributed by atoms with E-state index >= 15 is 0 Å². The molecule has 0 atom stereocenters. The molecule has 0 unspecified atom stereocenters. The van der Waals surface area contributed by atoms with E-state index in [0.717, 1.165) is 28.9 Å². The summed E-state index contributed by atoms with van der Waals surface area (Å²) < 4.78 is 5.87. The van der Waals surface area contributed by atoms with Crippen LogP contribution in [0.3, 0.4) is 0 Å². The summed E-state index contributed by atoms with van der Waals surface area (Å²) in [5.41, 5.74) is 5.85. The van der Waals surface area contributed by atoms with Crippen LogP contribution in [0, 0.1) is 6.92 Å². The van der Waals surface area contributed by atoms with Crippen molar-refractivity contribution in [3.8, 4) is 34.3 Å². The number of hydrogen-bond donors (Lipinski definition) is 1. The van der Waals surface area contributed by atoms with Crippen molar-refractivity contribution in [2.45, 2.75) is 20.1 Å². The second-order valence-corrected chi connectivity index (χ2v) is 7.39. The summed E-state index contributed by atoms with van der Waals surface area (Å²) in [4.78, 5) is 11.3. The molecule has 2 aromatic carbocycles. The molecule has 4 aromatic rings. The second-order valence-electron chi connectivity index (χ2n) is 7.39. The first-order valence-electron chi connectivity index (χ1n) is 9.65. The summed E-state index contributed by atoms with van der Waals surface area (Å²) in [6, 6.07) is 15.6. The fourth-order valence-corrected chi connectivity index (χ4v) is 3.13. The highest BCUT2D eigenvalue weighted by Gasteiger charge is 2.16. The lowest BCUT2D eigenvalue weighted by molar-refractivity contribution is 0.282. The van der Waals surface area contributed by atoms with Crippen molar-refractivity contribution in [3.63, 3.8) is 0 Å². The number of rotatable bonds is 6. The number of aliphatic hydroxyl groups excluding tert-OH is 1. The maximum absolute atomic E-state index is 9.19. The fraction of sp³-hybridized carbons (Fsp3) is 0.217. The van der Waals surface area contributed by atoms with Crippen LogP contribution in [0.25, 0.3) is 34.3 Å². The molecule has 0 aliphatic heterocycles. The molecule has 0 aliphatic carbocycles. The molecule has 0 fully saturated rings. The summed E-state index contributed by atoms with van der Waals surface area (Å²) in [6.45, 7) is 2.74. The predicted molar refractivity (Wildman–Crippen MR) is 118 cm³/mol. The van der Waals surface area contributed by atoms with Crippen LogP contribution in [0.5, 0.6) is 0 Å². The standard InChI is InChI=1S/C23H23N5O2.2H2/c1-15-21(23-27-26-22(30-23)19-10-6-17(14-29)7-11-19)25-20(12-24-15)18-8-4-16(5-9-18)13-28(2)3;;/h4-12,29H,13-14H2,1-3H3;2*1H. The SMILES string of the molecule is Cc1ncc(-c2ccc(CN(C)C)cc2)nc1-c1nnc(-c2ccc(CO)cc2)o1.[HH].[HH]. The number of nitrogens with zero attached hydrogens (tertiary/aromatic N) is 5. The normalized spacial score (nSPS) is 11.2. The molecule has 156 valence electrons. The van der Waals surface area contributed by atoms with Gasteiger partial charge in [0.05, 0.1) is 24.2 Å². The second kappa shape index (κ2) is 8.52. The highest BCUT2D eigenvalue weighted by Crippen LogP contribution is 2.27. The van der Waals surface area contributed by atoms with Gasteiger partial charge in [0.2, 0.25) is 5.89 Å². The first kappa shape index (κ1) is 19.9. The van der Waals surface area contributed by atoms with Gasteiger partial charge in [-0.2, -0.15) is 0 Å². The predicted octanol–water partition coefficient (Wildman–Crippen LogP) is 4.21. The van der Waals surface area contributed by atoms with Crippen molar-refractivity contribution in [1.82, 2.24) is 25.1 Å². The van der Waals surface area contributed by atoms with Gasteiger partial charge in [-0.3, -0.25) is 4.98 Å². The Morgan fingerprint density at radius 2 is 1.53 bits per heavy atom. The van der Waals surface area contributed by atoms with E-state index < -0.39 is 0 Å². The molecule has 0 aliphatic rings. The Kier molecular flexibility index (Phi) is 5.65. The van der Waals surface area contributed by atoms with Gasteiger partial charge in [0.25, 0.3) is 5.89 Å². The lowest BCUT2D eigenvalue weighted by Crippen LogP contribution is -2.10. The number of aromatic nitrogens is 4. The minimum Gasteiger partial charge on any atom is -0.415 e. The summed E-state index contributed by atoms with van der Waals surface area (Å²) in [5, 5.41) is 17.5. The number of hydrogen-bond acceptors (Lipinski definition) is 7. The van der Waals surface area contributed by atoms with E-state index in [1.54, 1.807) is 6.20 Å². The Hall–Kier alpha value is -3.42. The van der Waals surface area contributed by atoms with Gasteiger partial charge in [0.15, 0.2) is 0 Å². The monoisotopic (exact) mass is 405 g/mol.